The van der Waals surface area contributed by atoms with Crippen molar-refractivity contribution >= 4 is 40.6 Å². The number of nitrogens with zero attached hydrogens (tertiary/aromatic N) is 1. The minimum Gasteiger partial charge on any atom is -0.269 e. The van der Waals surface area contributed by atoms with Crippen LogP contribution < -0.4 is 0 Å². The van der Waals surface area contributed by atoms with Crippen molar-refractivity contribution in [1.29, 1.82) is 0 Å². The van der Waals surface area contributed by atoms with E-state index in [9.17, 15) is 9.59 Å². The van der Waals surface area contributed by atoms with E-state index >= 15 is 0 Å². The average molecular weight is 268 g/mol. The Balaban J connectivity index is 2.30. The summed E-state index contributed by atoms with van der Waals surface area (Å²) in [4.78, 5) is 25.0. The maximum Gasteiger partial charge on any atom is 0.293 e. The molecule has 17 heavy (non-hydrogen) atoms. The zero-order valence-electron chi connectivity index (χ0n) is 9.14. The molecule has 1 aromatic rings. The summed E-state index contributed by atoms with van der Waals surface area (Å²) in [7, 11) is 0. The van der Waals surface area contributed by atoms with Gasteiger partial charge >= 0.3 is 0 Å². The van der Waals surface area contributed by atoms with E-state index in [-0.39, 0.29) is 11.1 Å². The predicted molar refractivity (Wildman–Crippen MR) is 69.8 cm³/mol. The van der Waals surface area contributed by atoms with E-state index in [1.165, 1.54) is 4.90 Å². The van der Waals surface area contributed by atoms with Crippen molar-refractivity contribution in [3.63, 3.8) is 0 Å². The van der Waals surface area contributed by atoms with Crippen LogP contribution in [0.5, 0.6) is 0 Å². The number of carbonyl (C=O) groups is 2. The molecule has 0 N–H and O–H groups in total. The van der Waals surface area contributed by atoms with Gasteiger partial charge in [0.15, 0.2) is 0 Å². The summed E-state index contributed by atoms with van der Waals surface area (Å²) in [6, 6.07) is 7.15. The highest BCUT2D eigenvalue weighted by molar-refractivity contribution is 8.18. The first kappa shape index (κ1) is 12.2. The van der Waals surface area contributed by atoms with Crippen LogP contribution in [-0.4, -0.2) is 22.6 Å². The number of hydrogen-bond donors (Lipinski definition) is 0. The Bertz CT molecular complexity index is 513. The zero-order valence-corrected chi connectivity index (χ0v) is 10.7. The molecule has 0 unspecified atom stereocenters. The Hall–Kier alpha value is -1.26. The smallest absolute Gasteiger partial charge is 0.269 e. The number of likely N-dealkylation sites (N-methyl/N-ethyl adjacent to an activating group) is 1. The van der Waals surface area contributed by atoms with Crippen molar-refractivity contribution in [2.24, 2.45) is 0 Å². The van der Waals surface area contributed by atoms with Crippen LogP contribution in [0, 0.1) is 0 Å². The van der Waals surface area contributed by atoms with Crippen LogP contribution in [0.4, 0.5) is 4.79 Å². The van der Waals surface area contributed by atoms with Crippen LogP contribution in [0.3, 0.4) is 0 Å². The molecule has 88 valence electrons. The Labute approximate surface area is 108 Å². The van der Waals surface area contributed by atoms with Crippen molar-refractivity contribution in [1.82, 2.24) is 4.90 Å². The Morgan fingerprint density at radius 2 is 2.18 bits per heavy atom. The molecule has 1 heterocycles. The van der Waals surface area contributed by atoms with Gasteiger partial charge in [-0.3, -0.25) is 14.5 Å². The summed E-state index contributed by atoms with van der Waals surface area (Å²) in [5, 5.41) is 0.388. The number of rotatable bonds is 2. The highest BCUT2D eigenvalue weighted by Crippen LogP contribution is 2.32. The van der Waals surface area contributed by atoms with Gasteiger partial charge in [-0.2, -0.15) is 0 Å². The van der Waals surface area contributed by atoms with Crippen LogP contribution in [-0.2, 0) is 4.79 Å². The minimum atomic E-state index is -0.234. The summed E-state index contributed by atoms with van der Waals surface area (Å²) in [5.41, 5.74) is 0.819. The van der Waals surface area contributed by atoms with Gasteiger partial charge in [0.1, 0.15) is 0 Å². The lowest BCUT2D eigenvalue weighted by Gasteiger charge is -2.06. The third-order valence-electron chi connectivity index (χ3n) is 2.34. The van der Waals surface area contributed by atoms with Gasteiger partial charge in [-0.1, -0.05) is 23.7 Å². The maximum atomic E-state index is 11.8. The SMILES string of the molecule is CCN1C(=O)S/C(=C/c2cccc(Cl)c2)C1=O. The Morgan fingerprint density at radius 1 is 1.41 bits per heavy atom. The van der Waals surface area contributed by atoms with E-state index in [1.807, 2.05) is 6.07 Å². The lowest BCUT2D eigenvalue weighted by Crippen LogP contribution is -2.27. The van der Waals surface area contributed by atoms with Gasteiger partial charge in [0.2, 0.25) is 0 Å². The van der Waals surface area contributed by atoms with Gasteiger partial charge in [-0.25, -0.2) is 0 Å². The van der Waals surface area contributed by atoms with Crippen LogP contribution >= 0.6 is 23.4 Å². The molecular formula is C12H10ClNO2S. The number of imide groups is 1. The monoisotopic (exact) mass is 267 g/mol. The molecule has 0 atom stereocenters. The van der Waals surface area contributed by atoms with Crippen molar-refractivity contribution < 1.29 is 9.59 Å². The number of thioether (sulfide) groups is 1. The van der Waals surface area contributed by atoms with Gasteiger partial charge in [0.25, 0.3) is 11.1 Å². The molecule has 2 rings (SSSR count). The van der Waals surface area contributed by atoms with E-state index in [1.54, 1.807) is 31.2 Å². The first-order valence-corrected chi connectivity index (χ1v) is 6.32. The van der Waals surface area contributed by atoms with E-state index in [4.69, 9.17) is 11.6 Å². The minimum absolute atomic E-state index is 0.217. The van der Waals surface area contributed by atoms with Gasteiger partial charge in [0, 0.05) is 11.6 Å². The van der Waals surface area contributed by atoms with Crippen molar-refractivity contribution in [3.8, 4) is 0 Å². The summed E-state index contributed by atoms with van der Waals surface area (Å²) in [6.07, 6.45) is 1.69. The van der Waals surface area contributed by atoms with Crippen LogP contribution in [0.25, 0.3) is 6.08 Å². The second-order valence-electron chi connectivity index (χ2n) is 3.48. The molecule has 1 aliphatic rings. The third-order valence-corrected chi connectivity index (χ3v) is 3.48. The standard InChI is InChI=1S/C12H10ClNO2S/c1-2-14-11(15)10(17-12(14)16)7-8-4-3-5-9(13)6-8/h3-7H,2H2,1H3/b10-7+. The summed E-state index contributed by atoms with van der Waals surface area (Å²) in [5.74, 6) is -0.234. The zero-order chi connectivity index (χ0) is 12.4. The number of halogens is 1. The van der Waals surface area contributed by atoms with E-state index < -0.39 is 0 Å². The molecule has 0 aromatic heterocycles. The lowest BCUT2D eigenvalue weighted by atomic mass is 10.2. The van der Waals surface area contributed by atoms with Crippen LogP contribution in [0.15, 0.2) is 29.2 Å². The summed E-state index contributed by atoms with van der Waals surface area (Å²) < 4.78 is 0. The van der Waals surface area contributed by atoms with E-state index in [2.05, 4.69) is 0 Å². The Kier molecular flexibility index (Phi) is 3.54. The third kappa shape index (κ3) is 2.53. The fraction of sp³-hybridized carbons (Fsp3) is 0.167. The molecule has 5 heteroatoms. The summed E-state index contributed by atoms with van der Waals surface area (Å²) in [6.45, 7) is 2.18. The lowest BCUT2D eigenvalue weighted by molar-refractivity contribution is -0.122. The second kappa shape index (κ2) is 4.94. The molecule has 1 saturated heterocycles. The molecule has 0 bridgehead atoms. The van der Waals surface area contributed by atoms with Crippen molar-refractivity contribution in [3.05, 3.63) is 39.8 Å². The van der Waals surface area contributed by atoms with Gasteiger partial charge < -0.3 is 0 Å². The predicted octanol–water partition coefficient (Wildman–Crippen LogP) is 3.40. The molecule has 2 amide bonds. The normalized spacial score (nSPS) is 18.2. The van der Waals surface area contributed by atoms with Crippen molar-refractivity contribution in [2.45, 2.75) is 6.92 Å². The fourth-order valence-electron chi connectivity index (χ4n) is 1.52. The molecule has 3 nitrogen and oxygen atoms in total. The van der Waals surface area contributed by atoms with Crippen LogP contribution in [0.2, 0.25) is 5.02 Å². The highest BCUT2D eigenvalue weighted by Gasteiger charge is 2.33. The molecule has 0 saturated carbocycles. The Morgan fingerprint density at radius 3 is 2.76 bits per heavy atom. The number of amides is 2. The molecule has 1 aliphatic heterocycles. The quantitative estimate of drug-likeness (QED) is 0.771. The van der Waals surface area contributed by atoms with Gasteiger partial charge in [-0.15, -0.1) is 0 Å². The molecule has 0 spiro atoms. The number of carbonyl (C=O) groups excluding carboxylic acids is 2. The maximum absolute atomic E-state index is 11.8. The van der Waals surface area contributed by atoms with Gasteiger partial charge in [0.05, 0.1) is 4.91 Å². The highest BCUT2D eigenvalue weighted by atomic mass is 35.5. The number of hydrogen-bond acceptors (Lipinski definition) is 3. The van der Waals surface area contributed by atoms with Crippen molar-refractivity contribution in [2.75, 3.05) is 6.54 Å². The fourth-order valence-corrected chi connectivity index (χ4v) is 2.62. The molecule has 0 radical (unpaired) electrons. The first-order chi connectivity index (χ1) is 8.11. The van der Waals surface area contributed by atoms with Crippen LogP contribution in [0.1, 0.15) is 12.5 Å². The first-order valence-electron chi connectivity index (χ1n) is 5.12. The molecule has 1 fully saturated rings. The number of benzene rings is 1. The topological polar surface area (TPSA) is 37.4 Å². The largest absolute Gasteiger partial charge is 0.293 e. The van der Waals surface area contributed by atoms with Gasteiger partial charge in [-0.05, 0) is 42.5 Å². The molecule has 0 aliphatic carbocycles. The van der Waals surface area contributed by atoms with E-state index in [0.717, 1.165) is 17.3 Å². The average Bonchev–Trinajstić information content (AvgIpc) is 2.54. The molecule has 1 aromatic carbocycles. The van der Waals surface area contributed by atoms with E-state index in [0.29, 0.717) is 16.5 Å². The summed E-state index contributed by atoms with van der Waals surface area (Å²) >= 11 is 6.82. The molecular weight excluding hydrogens is 258 g/mol. The second-order valence-corrected chi connectivity index (χ2v) is 4.91.